The summed E-state index contributed by atoms with van der Waals surface area (Å²) < 4.78 is 5.26. The van der Waals surface area contributed by atoms with Crippen molar-refractivity contribution in [2.75, 3.05) is 13.7 Å². The third-order valence-corrected chi connectivity index (χ3v) is 5.69. The second-order valence-corrected chi connectivity index (χ2v) is 7.50. The zero-order valence-electron chi connectivity index (χ0n) is 15.6. The molecule has 0 bridgehead atoms. The van der Waals surface area contributed by atoms with Gasteiger partial charge in [0.1, 0.15) is 0 Å². The molecule has 2 fully saturated rings. The lowest BCUT2D eigenvalue weighted by Gasteiger charge is -2.43. The molecule has 146 valence electrons. The lowest BCUT2D eigenvalue weighted by atomic mass is 9.71. The van der Waals surface area contributed by atoms with Crippen molar-refractivity contribution in [3.8, 4) is 0 Å². The minimum absolute atomic E-state index is 0.0257. The number of nitrogens with one attached hydrogen (secondary N) is 2. The number of nitrogens with zero attached hydrogens (tertiary/aromatic N) is 1. The maximum atomic E-state index is 12.5. The third kappa shape index (κ3) is 4.27. The smallest absolute Gasteiger partial charge is 0.273 e. The van der Waals surface area contributed by atoms with Gasteiger partial charge in [-0.1, -0.05) is 6.07 Å². The molecule has 1 saturated carbocycles. The molecule has 8 heteroatoms. The van der Waals surface area contributed by atoms with Crippen molar-refractivity contribution in [3.05, 3.63) is 39.4 Å². The average molecular weight is 375 g/mol. The zero-order chi connectivity index (χ0) is 19.6. The predicted molar refractivity (Wildman–Crippen MR) is 98.3 cm³/mol. The third-order valence-electron chi connectivity index (χ3n) is 5.69. The van der Waals surface area contributed by atoms with Crippen LogP contribution in [0.15, 0.2) is 18.2 Å². The molecule has 1 aromatic rings. The number of rotatable bonds is 5. The van der Waals surface area contributed by atoms with Gasteiger partial charge in [-0.15, -0.1) is 0 Å². The standard InChI is InChI=1S/C19H25N3O5/c1-11-3-4-12(7-17(11)22(25)26)19(24)20-14-5-6-15-13(10-27-2)8-18(23)21-16(15)9-14/h3-4,7,13-16H,5-6,8-10H2,1-2H3,(H,20,24)(H,21,23). The first-order valence-electron chi connectivity index (χ1n) is 9.23. The number of nitro benzene ring substituents is 1. The van der Waals surface area contributed by atoms with Crippen LogP contribution >= 0.6 is 0 Å². The van der Waals surface area contributed by atoms with E-state index in [1.165, 1.54) is 6.07 Å². The number of hydrogen-bond donors (Lipinski definition) is 2. The number of hydrogen-bond acceptors (Lipinski definition) is 5. The first-order chi connectivity index (χ1) is 12.9. The molecule has 1 aliphatic carbocycles. The number of fused-ring (bicyclic) bond motifs is 1. The molecule has 0 aromatic heterocycles. The molecule has 4 unspecified atom stereocenters. The Hall–Kier alpha value is -2.48. The number of methoxy groups -OCH3 is 1. The minimum atomic E-state index is -0.481. The van der Waals surface area contributed by atoms with Crippen LogP contribution in [-0.2, 0) is 9.53 Å². The molecule has 8 nitrogen and oxygen atoms in total. The molecule has 1 heterocycles. The summed E-state index contributed by atoms with van der Waals surface area (Å²) in [7, 11) is 1.65. The van der Waals surface area contributed by atoms with Crippen molar-refractivity contribution in [1.82, 2.24) is 10.6 Å². The first kappa shape index (κ1) is 19.3. The van der Waals surface area contributed by atoms with Crippen LogP contribution in [0.3, 0.4) is 0 Å². The van der Waals surface area contributed by atoms with Crippen molar-refractivity contribution in [2.45, 2.75) is 44.7 Å². The van der Waals surface area contributed by atoms with Gasteiger partial charge in [0.25, 0.3) is 11.6 Å². The summed E-state index contributed by atoms with van der Waals surface area (Å²) in [6.45, 7) is 2.21. The van der Waals surface area contributed by atoms with Crippen molar-refractivity contribution in [3.63, 3.8) is 0 Å². The Kier molecular flexibility index (Phi) is 5.74. The number of benzene rings is 1. The van der Waals surface area contributed by atoms with Crippen LogP contribution in [0.5, 0.6) is 0 Å². The number of piperidine rings is 1. The quantitative estimate of drug-likeness (QED) is 0.604. The van der Waals surface area contributed by atoms with Gasteiger partial charge in [0.15, 0.2) is 0 Å². The molecular formula is C19H25N3O5. The molecule has 2 aliphatic rings. The minimum Gasteiger partial charge on any atom is -0.384 e. The number of ether oxygens (including phenoxy) is 1. The Labute approximate surface area is 157 Å². The molecule has 1 saturated heterocycles. The maximum Gasteiger partial charge on any atom is 0.273 e. The molecule has 4 atom stereocenters. The fourth-order valence-electron chi connectivity index (χ4n) is 4.32. The van der Waals surface area contributed by atoms with E-state index in [4.69, 9.17) is 4.74 Å². The Morgan fingerprint density at radius 3 is 2.89 bits per heavy atom. The normalized spacial score (nSPS) is 27.4. The zero-order valence-corrected chi connectivity index (χ0v) is 15.6. The van der Waals surface area contributed by atoms with Gasteiger partial charge in [-0.25, -0.2) is 0 Å². The highest BCUT2D eigenvalue weighted by atomic mass is 16.6. The lowest BCUT2D eigenvalue weighted by molar-refractivity contribution is -0.385. The second-order valence-electron chi connectivity index (χ2n) is 7.50. The highest BCUT2D eigenvalue weighted by Gasteiger charge is 2.41. The lowest BCUT2D eigenvalue weighted by Crippen LogP contribution is -2.56. The topological polar surface area (TPSA) is 111 Å². The fraction of sp³-hybridized carbons (Fsp3) is 0.579. The van der Waals surface area contributed by atoms with Gasteiger partial charge in [0.2, 0.25) is 5.91 Å². The molecule has 0 radical (unpaired) electrons. The molecule has 27 heavy (non-hydrogen) atoms. The summed E-state index contributed by atoms with van der Waals surface area (Å²) >= 11 is 0. The van der Waals surface area contributed by atoms with E-state index in [2.05, 4.69) is 10.6 Å². The highest BCUT2D eigenvalue weighted by Crippen LogP contribution is 2.35. The summed E-state index contributed by atoms with van der Waals surface area (Å²) in [4.78, 5) is 35.1. The predicted octanol–water partition coefficient (Wildman–Crippen LogP) is 1.95. The van der Waals surface area contributed by atoms with Gasteiger partial charge in [-0.3, -0.25) is 19.7 Å². The van der Waals surface area contributed by atoms with Crippen molar-refractivity contribution >= 4 is 17.5 Å². The summed E-state index contributed by atoms with van der Waals surface area (Å²) in [5.41, 5.74) is 0.735. The van der Waals surface area contributed by atoms with E-state index in [9.17, 15) is 19.7 Å². The monoisotopic (exact) mass is 375 g/mol. The van der Waals surface area contributed by atoms with E-state index in [1.807, 2.05) is 0 Å². The Morgan fingerprint density at radius 2 is 2.19 bits per heavy atom. The Bertz CT molecular complexity index is 751. The maximum absolute atomic E-state index is 12.5. The van der Waals surface area contributed by atoms with Crippen LogP contribution in [-0.4, -0.2) is 42.5 Å². The highest BCUT2D eigenvalue weighted by molar-refractivity contribution is 5.95. The summed E-state index contributed by atoms with van der Waals surface area (Å²) in [5.74, 6) is 0.276. The van der Waals surface area contributed by atoms with E-state index in [1.54, 1.807) is 26.2 Å². The number of aryl methyl sites for hydroxylation is 1. The molecule has 1 aromatic carbocycles. The van der Waals surface area contributed by atoms with Gasteiger partial charge in [-0.2, -0.15) is 0 Å². The molecular weight excluding hydrogens is 350 g/mol. The Balaban J connectivity index is 1.65. The second kappa shape index (κ2) is 8.04. The van der Waals surface area contributed by atoms with Crippen LogP contribution in [0.2, 0.25) is 0 Å². The van der Waals surface area contributed by atoms with Crippen molar-refractivity contribution < 1.29 is 19.2 Å². The molecule has 2 N–H and O–H groups in total. The molecule has 0 spiro atoms. The van der Waals surface area contributed by atoms with Crippen LogP contribution in [0, 0.1) is 28.9 Å². The van der Waals surface area contributed by atoms with Crippen LogP contribution in [0.25, 0.3) is 0 Å². The van der Waals surface area contributed by atoms with E-state index >= 15 is 0 Å². The SMILES string of the molecule is COCC1CC(=O)NC2CC(NC(=O)c3ccc(C)c([N+](=O)[O-])c3)CCC12. The summed E-state index contributed by atoms with van der Waals surface area (Å²) in [6, 6.07) is 4.45. The Morgan fingerprint density at radius 1 is 1.41 bits per heavy atom. The number of carbonyl (C=O) groups is 2. The van der Waals surface area contributed by atoms with Crippen molar-refractivity contribution in [2.24, 2.45) is 11.8 Å². The number of carbonyl (C=O) groups excluding carboxylic acids is 2. The van der Waals surface area contributed by atoms with Gasteiger partial charge >= 0.3 is 0 Å². The van der Waals surface area contributed by atoms with Crippen LogP contribution in [0.4, 0.5) is 5.69 Å². The summed E-state index contributed by atoms with van der Waals surface area (Å²) in [5, 5.41) is 17.1. The van der Waals surface area contributed by atoms with Crippen LogP contribution in [0.1, 0.15) is 41.6 Å². The molecule has 2 amide bonds. The first-order valence-corrected chi connectivity index (χ1v) is 9.23. The van der Waals surface area contributed by atoms with Gasteiger partial charge in [0.05, 0.1) is 4.92 Å². The van der Waals surface area contributed by atoms with Gasteiger partial charge < -0.3 is 15.4 Å². The van der Waals surface area contributed by atoms with E-state index in [0.29, 0.717) is 30.9 Å². The average Bonchev–Trinajstić information content (AvgIpc) is 2.61. The van der Waals surface area contributed by atoms with Gasteiger partial charge in [-0.05, 0) is 44.1 Å². The van der Waals surface area contributed by atoms with E-state index < -0.39 is 4.92 Å². The largest absolute Gasteiger partial charge is 0.384 e. The number of amides is 2. The fourth-order valence-corrected chi connectivity index (χ4v) is 4.32. The van der Waals surface area contributed by atoms with Crippen LogP contribution < -0.4 is 10.6 Å². The van der Waals surface area contributed by atoms with Crippen molar-refractivity contribution in [1.29, 1.82) is 0 Å². The van der Waals surface area contributed by atoms with E-state index in [-0.39, 0.29) is 41.1 Å². The van der Waals surface area contributed by atoms with E-state index in [0.717, 1.165) is 12.8 Å². The summed E-state index contributed by atoms with van der Waals surface area (Å²) in [6.07, 6.45) is 2.87. The number of nitro groups is 1. The molecule has 3 rings (SSSR count). The molecule has 1 aliphatic heterocycles. The van der Waals surface area contributed by atoms with Gasteiger partial charge in [0, 0.05) is 49.4 Å².